The summed E-state index contributed by atoms with van der Waals surface area (Å²) in [5.41, 5.74) is -6.91. The highest BCUT2D eigenvalue weighted by atomic mass is 31.2. The molecule has 0 saturated carbocycles. The molecule has 12 nitrogen and oxygen atoms in total. The summed E-state index contributed by atoms with van der Waals surface area (Å²) in [6.45, 7) is 2.45. The topological polar surface area (TPSA) is 158 Å². The number of halogens is 5. The van der Waals surface area contributed by atoms with Crippen LogP contribution in [-0.2, 0) is 23.4 Å². The molecule has 0 bridgehead atoms. The molecule has 1 aromatic carbocycles. The van der Waals surface area contributed by atoms with Crippen molar-refractivity contribution in [3.8, 4) is 5.75 Å². The van der Waals surface area contributed by atoms with Crippen molar-refractivity contribution < 1.29 is 54.9 Å². The molecule has 3 N–H and O–H groups in total. The fraction of sp³-hybridized carbons (Fsp3) is 0.500. The van der Waals surface area contributed by atoms with E-state index in [4.69, 9.17) is 18.5 Å². The molecule has 3 rings (SSSR count). The quantitative estimate of drug-likeness (QED) is 0.198. The van der Waals surface area contributed by atoms with E-state index in [-0.39, 0.29) is 16.5 Å². The van der Waals surface area contributed by atoms with Gasteiger partial charge in [0.15, 0.2) is 11.7 Å². The van der Waals surface area contributed by atoms with E-state index >= 15 is 8.78 Å². The van der Waals surface area contributed by atoms with Crippen molar-refractivity contribution in [1.82, 2.24) is 14.6 Å². The Hall–Kier alpha value is -3.11. The highest BCUT2D eigenvalue weighted by molar-refractivity contribution is 7.52. The number of aliphatic hydroxyl groups is 1. The summed E-state index contributed by atoms with van der Waals surface area (Å²) in [7, 11) is -4.91. The van der Waals surface area contributed by atoms with Crippen LogP contribution in [0, 0.1) is 5.82 Å². The third-order valence-corrected chi connectivity index (χ3v) is 7.14. The smallest absolute Gasteiger partial charge is 0.459 e. The van der Waals surface area contributed by atoms with Gasteiger partial charge in [0.25, 0.3) is 12.0 Å². The first-order valence-corrected chi connectivity index (χ1v) is 13.1. The van der Waals surface area contributed by atoms with Crippen LogP contribution in [0.5, 0.6) is 5.75 Å². The number of H-pyrrole nitrogens is 1. The number of esters is 1. The number of para-hydroxylation sites is 1. The monoisotopic (exact) mass is 601 g/mol. The Morgan fingerprint density at radius 2 is 1.85 bits per heavy atom. The van der Waals surface area contributed by atoms with Gasteiger partial charge in [-0.2, -0.15) is 18.3 Å². The minimum atomic E-state index is -4.91. The molecule has 40 heavy (non-hydrogen) atoms. The largest absolute Gasteiger partial charge is 0.462 e. The molecule has 2 aromatic rings. The van der Waals surface area contributed by atoms with Crippen LogP contribution in [0.25, 0.3) is 0 Å². The Morgan fingerprint density at radius 3 is 2.42 bits per heavy atom. The fourth-order valence-electron chi connectivity index (χ4n) is 3.56. The highest BCUT2D eigenvalue weighted by Crippen LogP contribution is 2.53. The number of rotatable bonds is 11. The zero-order chi connectivity index (χ0) is 30.0. The molecule has 1 aromatic heterocycles. The number of aliphatic hydroxyl groups excluding tert-OH is 1. The summed E-state index contributed by atoms with van der Waals surface area (Å²) >= 11 is 0. The summed E-state index contributed by atoms with van der Waals surface area (Å²) in [5.74, 6) is -7.53. The summed E-state index contributed by atoms with van der Waals surface area (Å²) in [4.78, 5) is 36.9. The molecule has 18 heteroatoms. The average Bonchev–Trinajstić information content (AvgIpc) is 3.06. The van der Waals surface area contributed by atoms with Crippen LogP contribution >= 0.6 is 7.75 Å². The van der Waals surface area contributed by atoms with Crippen LogP contribution < -0.4 is 20.9 Å². The lowest BCUT2D eigenvalue weighted by atomic mass is 9.96. The number of ether oxygens (including phenoxy) is 2. The molecular formula is C22H25F5N3O9P. The second-order valence-corrected chi connectivity index (χ2v) is 10.7. The van der Waals surface area contributed by atoms with Gasteiger partial charge in [0.2, 0.25) is 12.0 Å². The zero-order valence-corrected chi connectivity index (χ0v) is 21.9. The maximum absolute atomic E-state index is 15.0. The maximum Gasteiger partial charge on any atom is 0.459 e. The third kappa shape index (κ3) is 6.44. The number of hydrogen-bond acceptors (Lipinski definition) is 9. The van der Waals surface area contributed by atoms with Gasteiger partial charge in [0.1, 0.15) is 11.8 Å². The van der Waals surface area contributed by atoms with E-state index in [9.17, 15) is 37.2 Å². The molecule has 0 spiro atoms. The van der Waals surface area contributed by atoms with E-state index in [2.05, 4.69) is 5.09 Å². The lowest BCUT2D eigenvalue weighted by Crippen LogP contribution is -2.54. The Labute approximate surface area is 222 Å². The van der Waals surface area contributed by atoms with Crippen LogP contribution in [-0.4, -0.2) is 63.4 Å². The minimum Gasteiger partial charge on any atom is -0.462 e. The number of nitrogens with zero attached hydrogens (tertiary/aromatic N) is 1. The molecule has 1 fully saturated rings. The second kappa shape index (κ2) is 11.8. The van der Waals surface area contributed by atoms with Crippen molar-refractivity contribution in [2.75, 3.05) is 6.61 Å². The molecule has 0 radical (unpaired) electrons. The van der Waals surface area contributed by atoms with Crippen LogP contribution in [0.1, 0.15) is 27.0 Å². The molecule has 222 valence electrons. The first-order valence-electron chi connectivity index (χ1n) is 11.5. The van der Waals surface area contributed by atoms with Crippen molar-refractivity contribution in [3.05, 3.63) is 63.2 Å². The lowest BCUT2D eigenvalue weighted by Gasteiger charge is -2.32. The molecule has 1 aliphatic heterocycles. The number of alkyl halides is 4. The maximum atomic E-state index is 15.0. The molecule has 0 amide bonds. The molecule has 1 saturated heterocycles. The highest BCUT2D eigenvalue weighted by Gasteiger charge is 2.71. The van der Waals surface area contributed by atoms with Gasteiger partial charge in [-0.25, -0.2) is 18.1 Å². The van der Waals surface area contributed by atoms with Crippen molar-refractivity contribution in [2.24, 2.45) is 0 Å². The number of carbonyl (C=O) groups is 1. The van der Waals surface area contributed by atoms with E-state index in [0.29, 0.717) is 0 Å². The number of aromatic nitrogens is 2. The van der Waals surface area contributed by atoms with Gasteiger partial charge in [-0.3, -0.25) is 23.7 Å². The van der Waals surface area contributed by atoms with Gasteiger partial charge < -0.3 is 19.1 Å². The second-order valence-electron chi connectivity index (χ2n) is 8.96. The van der Waals surface area contributed by atoms with E-state index < -0.39 is 79.8 Å². The van der Waals surface area contributed by atoms with Crippen LogP contribution in [0.15, 0.2) is 46.1 Å². The Morgan fingerprint density at radius 1 is 1.23 bits per heavy atom. The number of hydrogen-bond donors (Lipinski definition) is 3. The van der Waals surface area contributed by atoms with E-state index in [1.807, 2.05) is 0 Å². The van der Waals surface area contributed by atoms with Gasteiger partial charge in [-0.05, 0) is 32.9 Å². The fourth-order valence-corrected chi connectivity index (χ4v) is 5.09. The molecule has 5 atom stereocenters. The third-order valence-electron chi connectivity index (χ3n) is 5.52. The normalized spacial score (nSPS) is 24.6. The van der Waals surface area contributed by atoms with Gasteiger partial charge in [-0.1, -0.05) is 18.2 Å². The van der Waals surface area contributed by atoms with Gasteiger partial charge >= 0.3 is 25.3 Å². The summed E-state index contributed by atoms with van der Waals surface area (Å²) < 4.78 is 106. The number of nitrogens with one attached hydrogen (secondary N) is 2. The summed E-state index contributed by atoms with van der Waals surface area (Å²) in [6, 6.07) is 5.54. The van der Waals surface area contributed by atoms with Crippen LogP contribution in [0.4, 0.5) is 22.0 Å². The van der Waals surface area contributed by atoms with E-state index in [0.717, 1.165) is 0 Å². The Balaban J connectivity index is 1.97. The average molecular weight is 601 g/mol. The lowest BCUT2D eigenvalue weighted by molar-refractivity contribution is -0.193. The van der Waals surface area contributed by atoms with Gasteiger partial charge in [-0.15, -0.1) is 0 Å². The Kier molecular flexibility index (Phi) is 9.26. The number of aromatic amines is 1. The van der Waals surface area contributed by atoms with Crippen LogP contribution in [0.2, 0.25) is 0 Å². The molecule has 1 unspecified atom stereocenters. The number of carbonyl (C=O) groups excluding carboxylic acids is 1. The van der Waals surface area contributed by atoms with Crippen molar-refractivity contribution >= 4 is 13.7 Å². The van der Waals surface area contributed by atoms with Crippen molar-refractivity contribution in [3.63, 3.8) is 0 Å². The predicted molar refractivity (Wildman–Crippen MR) is 126 cm³/mol. The first-order chi connectivity index (χ1) is 18.5. The minimum absolute atomic E-state index is 0.0121. The molecular weight excluding hydrogens is 576 g/mol. The van der Waals surface area contributed by atoms with Gasteiger partial charge in [0.05, 0.1) is 18.9 Å². The SMILES string of the molecule is CC(C)OC(=O)[C@H](C)NP(=O)(OC[C@@]1(C(F)F)O[C@@H](n2cc(F)c(=O)[nH]c2=O)C(F)(F)[C@@H]1O)Oc1ccccc1. The standard InChI is InChI=1S/C22H25F5N3O9P/c1-11(2)37-16(32)12(3)29-40(35,39-13-7-5-4-6-8-13)36-10-21(18(24)25)17(33)22(26,27)19(38-21)30-9-14(23)15(31)28-20(30)34/h4-9,11-12,17-19,33H,10H2,1-3H3,(H,29,35)(H,28,31,34)/t12-,17+,19+,21+,40?/m0/s1. The van der Waals surface area contributed by atoms with Crippen molar-refractivity contribution in [2.45, 2.75) is 63.2 Å². The summed E-state index contributed by atoms with van der Waals surface area (Å²) in [5, 5.41) is 12.4. The number of benzene rings is 1. The van der Waals surface area contributed by atoms with E-state index in [1.54, 1.807) is 6.07 Å². The first kappa shape index (κ1) is 31.4. The molecule has 1 aliphatic rings. The van der Waals surface area contributed by atoms with Crippen molar-refractivity contribution in [1.29, 1.82) is 0 Å². The molecule has 2 heterocycles. The Bertz CT molecular complexity index is 1370. The van der Waals surface area contributed by atoms with E-state index in [1.165, 1.54) is 50.0 Å². The zero-order valence-electron chi connectivity index (χ0n) is 21.1. The molecule has 0 aliphatic carbocycles. The van der Waals surface area contributed by atoms with Gasteiger partial charge in [0, 0.05) is 0 Å². The predicted octanol–water partition coefficient (Wildman–Crippen LogP) is 2.34. The van der Waals surface area contributed by atoms with Crippen LogP contribution in [0.3, 0.4) is 0 Å². The summed E-state index contributed by atoms with van der Waals surface area (Å²) in [6.07, 6.45) is -11.1.